The number of hydrogen-bond donors (Lipinski definition) is 1. The number of nitrogens with one attached hydrogen (secondary N) is 1. The van der Waals surface area contributed by atoms with Crippen LogP contribution in [0.25, 0.3) is 22.2 Å². The number of nitrogens with zero attached hydrogens (tertiary/aromatic N) is 1. The van der Waals surface area contributed by atoms with Gasteiger partial charge >= 0.3 is 0 Å². The van der Waals surface area contributed by atoms with Crippen molar-refractivity contribution < 1.29 is 19.0 Å². The summed E-state index contributed by atoms with van der Waals surface area (Å²) in [4.78, 5) is 11.9. The summed E-state index contributed by atoms with van der Waals surface area (Å²) >= 11 is 0. The molecule has 0 amide bonds. The number of fused-ring (bicyclic) bond motifs is 1. The fourth-order valence-electron chi connectivity index (χ4n) is 3.57. The Balaban J connectivity index is 1.85. The molecule has 0 bridgehead atoms. The summed E-state index contributed by atoms with van der Waals surface area (Å²) in [6.45, 7) is 9.12. The summed E-state index contributed by atoms with van der Waals surface area (Å²) in [7, 11) is 0. The minimum absolute atomic E-state index is 0.0379. The molecule has 0 fully saturated rings. The van der Waals surface area contributed by atoms with E-state index in [0.717, 1.165) is 73.4 Å². The van der Waals surface area contributed by atoms with E-state index >= 15 is 0 Å². The smallest absolute Gasteiger partial charge is 0.159 e. The van der Waals surface area contributed by atoms with Crippen LogP contribution in [0.5, 0.6) is 5.75 Å². The van der Waals surface area contributed by atoms with Crippen molar-refractivity contribution in [1.82, 2.24) is 10.2 Å². The molecule has 1 aromatic heterocycles. The summed E-state index contributed by atoms with van der Waals surface area (Å²) in [6.07, 6.45) is 3.86. The van der Waals surface area contributed by atoms with E-state index < -0.39 is 0 Å². The van der Waals surface area contributed by atoms with Gasteiger partial charge in [0.25, 0.3) is 0 Å². The molecule has 0 spiro atoms. The van der Waals surface area contributed by atoms with Crippen LogP contribution in [0, 0.1) is 0 Å². The lowest BCUT2D eigenvalue weighted by Crippen LogP contribution is -2.07. The highest BCUT2D eigenvalue weighted by Gasteiger charge is 2.13. The summed E-state index contributed by atoms with van der Waals surface area (Å²) < 4.78 is 17.2. The topological polar surface area (TPSA) is 73.4 Å². The van der Waals surface area contributed by atoms with Crippen molar-refractivity contribution >= 4 is 16.7 Å². The van der Waals surface area contributed by atoms with Gasteiger partial charge < -0.3 is 14.2 Å². The SMILES string of the molecule is CCCOCCCc1cc(OCCOCCC)cc(-c2n[nH]c3ccc(C(C)=O)cc23)c1. The second-order valence-electron chi connectivity index (χ2n) is 7.93. The van der Waals surface area contributed by atoms with E-state index in [9.17, 15) is 4.79 Å². The maximum absolute atomic E-state index is 11.9. The van der Waals surface area contributed by atoms with Crippen LogP contribution in [-0.4, -0.2) is 49.0 Å². The number of aromatic nitrogens is 2. The molecule has 6 heteroatoms. The third kappa shape index (κ3) is 6.65. The molecule has 0 atom stereocenters. The first-order chi connectivity index (χ1) is 15.6. The molecule has 172 valence electrons. The van der Waals surface area contributed by atoms with E-state index in [2.05, 4.69) is 36.2 Å². The Kier molecular flexibility index (Phi) is 9.26. The fourth-order valence-corrected chi connectivity index (χ4v) is 3.57. The predicted octanol–water partition coefficient (Wildman–Crippen LogP) is 5.60. The van der Waals surface area contributed by atoms with Gasteiger partial charge in [-0.05, 0) is 74.6 Å². The summed E-state index contributed by atoms with van der Waals surface area (Å²) in [5.74, 6) is 0.835. The highest BCUT2D eigenvalue weighted by molar-refractivity contribution is 6.01. The highest BCUT2D eigenvalue weighted by atomic mass is 16.5. The summed E-state index contributed by atoms with van der Waals surface area (Å²) in [6, 6.07) is 11.9. The first kappa shape index (κ1) is 24.0. The third-order valence-corrected chi connectivity index (χ3v) is 5.16. The number of H-pyrrole nitrogens is 1. The maximum atomic E-state index is 11.9. The molecular weight excluding hydrogens is 404 g/mol. The lowest BCUT2D eigenvalue weighted by Gasteiger charge is -2.11. The minimum Gasteiger partial charge on any atom is -0.491 e. The minimum atomic E-state index is 0.0379. The monoisotopic (exact) mass is 438 g/mol. The van der Waals surface area contributed by atoms with Crippen molar-refractivity contribution in [1.29, 1.82) is 0 Å². The van der Waals surface area contributed by atoms with Crippen LogP contribution >= 0.6 is 0 Å². The lowest BCUT2D eigenvalue weighted by molar-refractivity contribution is 0.101. The number of Topliss-reactive ketones (excluding diaryl/α,β-unsaturated/α-hetero) is 1. The van der Waals surface area contributed by atoms with Crippen molar-refractivity contribution in [3.05, 3.63) is 47.5 Å². The molecule has 0 aliphatic carbocycles. The van der Waals surface area contributed by atoms with Gasteiger partial charge in [-0.3, -0.25) is 9.89 Å². The Labute approximate surface area is 190 Å². The van der Waals surface area contributed by atoms with Crippen molar-refractivity contribution in [3.63, 3.8) is 0 Å². The molecule has 3 aromatic rings. The molecule has 2 aromatic carbocycles. The van der Waals surface area contributed by atoms with Crippen LogP contribution in [-0.2, 0) is 15.9 Å². The third-order valence-electron chi connectivity index (χ3n) is 5.16. The number of benzene rings is 2. The van der Waals surface area contributed by atoms with Crippen LogP contribution in [0.2, 0.25) is 0 Å². The summed E-state index contributed by atoms with van der Waals surface area (Å²) in [5, 5.41) is 8.56. The second kappa shape index (κ2) is 12.4. The molecular formula is C26H34N2O4. The van der Waals surface area contributed by atoms with E-state index in [0.29, 0.717) is 18.8 Å². The van der Waals surface area contributed by atoms with Crippen molar-refractivity contribution in [3.8, 4) is 17.0 Å². The van der Waals surface area contributed by atoms with Gasteiger partial charge in [0.1, 0.15) is 18.1 Å². The van der Waals surface area contributed by atoms with E-state index in [-0.39, 0.29) is 5.78 Å². The normalized spacial score (nSPS) is 11.2. The van der Waals surface area contributed by atoms with E-state index in [1.165, 1.54) is 5.56 Å². The molecule has 0 radical (unpaired) electrons. The number of ketones is 1. The highest BCUT2D eigenvalue weighted by Crippen LogP contribution is 2.31. The Morgan fingerprint density at radius 2 is 1.72 bits per heavy atom. The van der Waals surface area contributed by atoms with Crippen LogP contribution in [0.1, 0.15) is 56.0 Å². The number of ether oxygens (including phenoxy) is 3. The average Bonchev–Trinajstić information content (AvgIpc) is 3.22. The van der Waals surface area contributed by atoms with Gasteiger partial charge in [-0.25, -0.2) is 0 Å². The van der Waals surface area contributed by atoms with E-state index in [1.807, 2.05) is 24.3 Å². The molecule has 0 unspecified atom stereocenters. The molecule has 0 saturated carbocycles. The Hall–Kier alpha value is -2.70. The number of hydrogen-bond acceptors (Lipinski definition) is 5. The van der Waals surface area contributed by atoms with Gasteiger partial charge in [-0.2, -0.15) is 5.10 Å². The Bertz CT molecular complexity index is 980. The molecule has 1 heterocycles. The molecule has 3 rings (SSSR count). The van der Waals surface area contributed by atoms with Crippen molar-refractivity contribution in [2.45, 2.75) is 46.5 Å². The van der Waals surface area contributed by atoms with Gasteiger partial charge in [-0.1, -0.05) is 13.8 Å². The molecule has 0 aliphatic heterocycles. The zero-order chi connectivity index (χ0) is 22.8. The van der Waals surface area contributed by atoms with Gasteiger partial charge in [-0.15, -0.1) is 0 Å². The standard InChI is InChI=1S/C26H34N2O4/c1-4-10-30-12-6-7-20-15-22(17-23(16-20)32-14-13-31-11-5-2)26-24-18-21(19(3)29)8-9-25(24)27-28-26/h8-9,15-18H,4-7,10-14H2,1-3H3,(H,27,28). The molecule has 0 saturated heterocycles. The van der Waals surface area contributed by atoms with Crippen molar-refractivity contribution in [2.75, 3.05) is 33.0 Å². The van der Waals surface area contributed by atoms with Gasteiger partial charge in [0.15, 0.2) is 5.78 Å². The first-order valence-corrected chi connectivity index (χ1v) is 11.5. The van der Waals surface area contributed by atoms with Crippen LogP contribution < -0.4 is 4.74 Å². The first-order valence-electron chi connectivity index (χ1n) is 11.5. The van der Waals surface area contributed by atoms with Gasteiger partial charge in [0.05, 0.1) is 12.1 Å². The van der Waals surface area contributed by atoms with E-state index in [4.69, 9.17) is 14.2 Å². The predicted molar refractivity (Wildman–Crippen MR) is 128 cm³/mol. The number of aryl methyl sites for hydroxylation is 1. The van der Waals surface area contributed by atoms with Gasteiger partial charge in [0, 0.05) is 36.3 Å². The largest absolute Gasteiger partial charge is 0.491 e. The quantitative estimate of drug-likeness (QED) is 0.262. The lowest BCUT2D eigenvalue weighted by atomic mass is 10.0. The molecule has 1 N–H and O–H groups in total. The van der Waals surface area contributed by atoms with Crippen molar-refractivity contribution in [2.24, 2.45) is 0 Å². The number of carbonyl (C=O) groups excluding carboxylic acids is 1. The van der Waals surface area contributed by atoms with Crippen LogP contribution in [0.15, 0.2) is 36.4 Å². The molecule has 6 nitrogen and oxygen atoms in total. The summed E-state index contributed by atoms with van der Waals surface area (Å²) in [5.41, 5.74) is 4.53. The zero-order valence-electron chi connectivity index (χ0n) is 19.4. The van der Waals surface area contributed by atoms with Crippen LogP contribution in [0.3, 0.4) is 0 Å². The number of carbonyl (C=O) groups is 1. The zero-order valence-corrected chi connectivity index (χ0v) is 19.4. The van der Waals surface area contributed by atoms with E-state index in [1.54, 1.807) is 6.92 Å². The van der Waals surface area contributed by atoms with Crippen LogP contribution in [0.4, 0.5) is 0 Å². The molecule has 0 aliphatic rings. The average molecular weight is 439 g/mol. The number of aromatic amines is 1. The Morgan fingerprint density at radius 1 is 0.938 bits per heavy atom. The molecule has 32 heavy (non-hydrogen) atoms. The maximum Gasteiger partial charge on any atom is 0.159 e. The fraction of sp³-hybridized carbons (Fsp3) is 0.462. The second-order valence-corrected chi connectivity index (χ2v) is 7.93. The Morgan fingerprint density at radius 3 is 2.47 bits per heavy atom. The van der Waals surface area contributed by atoms with Gasteiger partial charge in [0.2, 0.25) is 0 Å². The number of rotatable bonds is 14.